The Morgan fingerprint density at radius 2 is 2.05 bits per heavy atom. The van der Waals surface area contributed by atoms with Gasteiger partial charge in [0.2, 0.25) is 5.91 Å². The largest absolute Gasteiger partial charge is 0.338 e. The zero-order valence-corrected chi connectivity index (χ0v) is 12.9. The molecule has 2 unspecified atom stereocenters. The standard InChI is InChI=1S/C15H23ClN2O/c1-5-15(3,10-17)14(19)18(4)11(2)12-8-6-7-9-13(12)16/h6-9,11H,5,10,17H2,1-4H3. The van der Waals surface area contributed by atoms with Crippen LogP contribution in [0.5, 0.6) is 0 Å². The Morgan fingerprint density at radius 3 is 2.53 bits per heavy atom. The molecule has 0 aliphatic rings. The van der Waals surface area contributed by atoms with Gasteiger partial charge in [-0.25, -0.2) is 0 Å². The third-order valence-corrected chi connectivity index (χ3v) is 4.35. The van der Waals surface area contributed by atoms with Gasteiger partial charge < -0.3 is 10.6 Å². The van der Waals surface area contributed by atoms with Crippen molar-refractivity contribution < 1.29 is 4.79 Å². The SMILES string of the molecule is CCC(C)(CN)C(=O)N(C)C(C)c1ccccc1Cl. The van der Waals surface area contributed by atoms with Crippen LogP contribution < -0.4 is 5.73 Å². The van der Waals surface area contributed by atoms with Crippen molar-refractivity contribution in [3.63, 3.8) is 0 Å². The van der Waals surface area contributed by atoms with Gasteiger partial charge in [0, 0.05) is 18.6 Å². The molecule has 0 heterocycles. The van der Waals surface area contributed by atoms with E-state index < -0.39 is 5.41 Å². The molecule has 1 aromatic rings. The maximum Gasteiger partial charge on any atom is 0.230 e. The molecule has 0 radical (unpaired) electrons. The van der Waals surface area contributed by atoms with E-state index in [2.05, 4.69) is 0 Å². The van der Waals surface area contributed by atoms with E-state index in [-0.39, 0.29) is 11.9 Å². The second-order valence-corrected chi connectivity index (χ2v) is 5.64. The molecule has 1 amide bonds. The maximum atomic E-state index is 12.6. The molecule has 2 atom stereocenters. The van der Waals surface area contributed by atoms with Gasteiger partial charge in [-0.15, -0.1) is 0 Å². The molecule has 2 N–H and O–H groups in total. The first kappa shape index (κ1) is 16.0. The van der Waals surface area contributed by atoms with Gasteiger partial charge in [0.1, 0.15) is 0 Å². The number of rotatable bonds is 5. The lowest BCUT2D eigenvalue weighted by Crippen LogP contribution is -2.45. The van der Waals surface area contributed by atoms with Crippen LogP contribution >= 0.6 is 11.6 Å². The van der Waals surface area contributed by atoms with Gasteiger partial charge >= 0.3 is 0 Å². The highest BCUT2D eigenvalue weighted by Crippen LogP contribution is 2.30. The molecule has 106 valence electrons. The molecule has 3 nitrogen and oxygen atoms in total. The molecule has 0 spiro atoms. The highest BCUT2D eigenvalue weighted by atomic mass is 35.5. The molecular formula is C15H23ClN2O. The van der Waals surface area contributed by atoms with Crippen LogP contribution in [0.3, 0.4) is 0 Å². The summed E-state index contributed by atoms with van der Waals surface area (Å²) in [7, 11) is 1.81. The fourth-order valence-electron chi connectivity index (χ4n) is 2.01. The van der Waals surface area contributed by atoms with Crippen LogP contribution in [0.25, 0.3) is 0 Å². The summed E-state index contributed by atoms with van der Waals surface area (Å²) in [5.74, 6) is 0.0601. The summed E-state index contributed by atoms with van der Waals surface area (Å²) in [4.78, 5) is 14.3. The molecule has 0 aromatic heterocycles. The molecule has 0 saturated carbocycles. The predicted octanol–water partition coefficient (Wildman–Crippen LogP) is 3.23. The van der Waals surface area contributed by atoms with Crippen LogP contribution in [0.1, 0.15) is 38.8 Å². The first-order valence-electron chi connectivity index (χ1n) is 6.59. The Kier molecular flexibility index (Phi) is 5.39. The lowest BCUT2D eigenvalue weighted by Gasteiger charge is -2.34. The molecule has 1 aromatic carbocycles. The molecule has 0 saturated heterocycles. The smallest absolute Gasteiger partial charge is 0.230 e. The quantitative estimate of drug-likeness (QED) is 0.901. The monoisotopic (exact) mass is 282 g/mol. The minimum atomic E-state index is -0.510. The van der Waals surface area contributed by atoms with Crippen molar-refractivity contribution in [3.8, 4) is 0 Å². The first-order chi connectivity index (χ1) is 8.87. The van der Waals surface area contributed by atoms with E-state index in [1.807, 2.05) is 45.0 Å². The highest BCUT2D eigenvalue weighted by molar-refractivity contribution is 6.31. The molecule has 0 aliphatic carbocycles. The number of nitrogens with two attached hydrogens (primary N) is 1. The third-order valence-electron chi connectivity index (χ3n) is 4.00. The van der Waals surface area contributed by atoms with E-state index in [1.165, 1.54) is 0 Å². The number of nitrogens with zero attached hydrogens (tertiary/aromatic N) is 1. The topological polar surface area (TPSA) is 46.3 Å². The van der Waals surface area contributed by atoms with Crippen LogP contribution in [0.4, 0.5) is 0 Å². The molecule has 0 bridgehead atoms. The minimum absolute atomic E-state index is 0.0601. The number of hydrogen-bond donors (Lipinski definition) is 1. The lowest BCUT2D eigenvalue weighted by molar-refractivity contribution is -0.141. The number of amides is 1. The molecule has 0 aliphatic heterocycles. The van der Waals surface area contributed by atoms with Gasteiger partial charge in [-0.3, -0.25) is 4.79 Å². The number of carbonyl (C=O) groups excluding carboxylic acids is 1. The Morgan fingerprint density at radius 1 is 1.47 bits per heavy atom. The van der Waals surface area contributed by atoms with Crippen molar-refractivity contribution in [2.24, 2.45) is 11.1 Å². The summed E-state index contributed by atoms with van der Waals surface area (Å²) < 4.78 is 0. The van der Waals surface area contributed by atoms with Crippen LogP contribution in [-0.2, 0) is 4.79 Å². The van der Waals surface area contributed by atoms with Crippen molar-refractivity contribution in [1.29, 1.82) is 0 Å². The summed E-state index contributed by atoms with van der Waals surface area (Å²) in [6, 6.07) is 7.53. The minimum Gasteiger partial charge on any atom is -0.338 e. The summed E-state index contributed by atoms with van der Waals surface area (Å²) in [6.07, 6.45) is 0.724. The van der Waals surface area contributed by atoms with Gasteiger partial charge in [0.15, 0.2) is 0 Å². The number of carbonyl (C=O) groups is 1. The summed E-state index contributed by atoms with van der Waals surface area (Å²) in [5, 5.41) is 0.681. The Balaban J connectivity index is 2.98. The molecule has 4 heteroatoms. The maximum absolute atomic E-state index is 12.6. The molecule has 19 heavy (non-hydrogen) atoms. The Bertz CT molecular complexity index is 444. The summed E-state index contributed by atoms with van der Waals surface area (Å²) in [6.45, 7) is 6.22. The summed E-state index contributed by atoms with van der Waals surface area (Å²) in [5.41, 5.74) is 6.20. The lowest BCUT2D eigenvalue weighted by atomic mass is 9.85. The second kappa shape index (κ2) is 6.40. The van der Waals surface area contributed by atoms with Gasteiger partial charge in [-0.2, -0.15) is 0 Å². The zero-order chi connectivity index (χ0) is 14.6. The molecular weight excluding hydrogens is 260 g/mol. The normalized spacial score (nSPS) is 15.7. The average molecular weight is 283 g/mol. The van der Waals surface area contributed by atoms with Crippen molar-refractivity contribution >= 4 is 17.5 Å². The van der Waals surface area contributed by atoms with E-state index in [9.17, 15) is 4.79 Å². The number of benzene rings is 1. The van der Waals surface area contributed by atoms with E-state index in [1.54, 1.807) is 11.9 Å². The first-order valence-corrected chi connectivity index (χ1v) is 6.97. The van der Waals surface area contributed by atoms with Gasteiger partial charge in [-0.05, 0) is 31.9 Å². The fourth-order valence-corrected chi connectivity index (χ4v) is 2.30. The number of halogens is 1. The van der Waals surface area contributed by atoms with Crippen LogP contribution in [0.2, 0.25) is 5.02 Å². The van der Waals surface area contributed by atoms with Crippen LogP contribution in [-0.4, -0.2) is 24.4 Å². The second-order valence-electron chi connectivity index (χ2n) is 5.23. The van der Waals surface area contributed by atoms with E-state index in [0.29, 0.717) is 11.6 Å². The van der Waals surface area contributed by atoms with E-state index in [0.717, 1.165) is 12.0 Å². The number of hydrogen-bond acceptors (Lipinski definition) is 2. The van der Waals surface area contributed by atoms with Crippen molar-refractivity contribution in [2.45, 2.75) is 33.2 Å². The van der Waals surface area contributed by atoms with Gasteiger partial charge in [0.25, 0.3) is 0 Å². The van der Waals surface area contributed by atoms with Gasteiger partial charge in [0.05, 0.1) is 11.5 Å². The molecule has 0 fully saturated rings. The zero-order valence-electron chi connectivity index (χ0n) is 12.1. The summed E-state index contributed by atoms with van der Waals surface area (Å²) >= 11 is 6.19. The molecule has 1 rings (SSSR count). The van der Waals surface area contributed by atoms with Gasteiger partial charge in [-0.1, -0.05) is 36.7 Å². The fraction of sp³-hybridized carbons (Fsp3) is 0.533. The highest BCUT2D eigenvalue weighted by Gasteiger charge is 2.34. The Hall–Kier alpha value is -1.06. The predicted molar refractivity (Wildman–Crippen MR) is 80.1 cm³/mol. The average Bonchev–Trinajstić information content (AvgIpc) is 2.44. The van der Waals surface area contributed by atoms with E-state index >= 15 is 0 Å². The van der Waals surface area contributed by atoms with E-state index in [4.69, 9.17) is 17.3 Å². The Labute approximate surface area is 120 Å². The van der Waals surface area contributed by atoms with Crippen molar-refractivity contribution in [2.75, 3.05) is 13.6 Å². The van der Waals surface area contributed by atoms with Crippen LogP contribution in [0.15, 0.2) is 24.3 Å². The third kappa shape index (κ3) is 3.28. The van der Waals surface area contributed by atoms with Crippen molar-refractivity contribution in [1.82, 2.24) is 4.90 Å². The van der Waals surface area contributed by atoms with Crippen molar-refractivity contribution in [3.05, 3.63) is 34.9 Å². The van der Waals surface area contributed by atoms with Crippen LogP contribution in [0, 0.1) is 5.41 Å².